The maximum Gasteiger partial charge on any atom is 0.118 e. The molecule has 0 saturated heterocycles. The fraction of sp³-hybridized carbons (Fsp3) is 0.120. The Morgan fingerprint density at radius 3 is 1.69 bits per heavy atom. The first-order valence-corrected chi connectivity index (χ1v) is 8.53. The Labute approximate surface area is 155 Å². The van der Waals surface area contributed by atoms with Crippen molar-refractivity contribution in [3.63, 3.8) is 0 Å². The van der Waals surface area contributed by atoms with E-state index in [1.54, 1.807) is 7.11 Å². The van der Waals surface area contributed by atoms with E-state index in [2.05, 4.69) is 72.2 Å². The van der Waals surface area contributed by atoms with Crippen LogP contribution < -0.4 is 4.74 Å². The molecule has 0 aliphatic heterocycles. The fourth-order valence-electron chi connectivity index (χ4n) is 2.57. The van der Waals surface area contributed by atoms with Gasteiger partial charge in [0, 0.05) is 17.5 Å². The SMILES string of the molecule is CC#CCc1ccc(C#Cc2ccc(-c3ccc(OC)cc3)cc2)cc1. The minimum Gasteiger partial charge on any atom is -0.497 e. The summed E-state index contributed by atoms with van der Waals surface area (Å²) in [4.78, 5) is 0. The van der Waals surface area contributed by atoms with Crippen molar-refractivity contribution >= 4 is 0 Å². The topological polar surface area (TPSA) is 9.23 Å². The number of rotatable bonds is 3. The van der Waals surface area contributed by atoms with Gasteiger partial charge in [0.1, 0.15) is 5.75 Å². The van der Waals surface area contributed by atoms with E-state index in [4.69, 9.17) is 4.74 Å². The van der Waals surface area contributed by atoms with Gasteiger partial charge in [0.15, 0.2) is 0 Å². The second-order valence-corrected chi connectivity index (χ2v) is 5.86. The molecule has 1 heteroatoms. The van der Waals surface area contributed by atoms with Gasteiger partial charge in [0.05, 0.1) is 7.11 Å². The van der Waals surface area contributed by atoms with Crippen LogP contribution in [0.1, 0.15) is 23.6 Å². The molecule has 0 aliphatic rings. The fourth-order valence-corrected chi connectivity index (χ4v) is 2.57. The maximum absolute atomic E-state index is 5.20. The van der Waals surface area contributed by atoms with E-state index in [1.165, 1.54) is 11.1 Å². The predicted molar refractivity (Wildman–Crippen MR) is 108 cm³/mol. The molecule has 0 radical (unpaired) electrons. The highest BCUT2D eigenvalue weighted by Gasteiger charge is 1.98. The first kappa shape index (κ1) is 17.4. The zero-order chi connectivity index (χ0) is 18.2. The second kappa shape index (κ2) is 8.61. The molecule has 0 fully saturated rings. The molecular weight excluding hydrogens is 316 g/mol. The molecule has 0 amide bonds. The summed E-state index contributed by atoms with van der Waals surface area (Å²) < 4.78 is 5.20. The number of ether oxygens (including phenoxy) is 1. The smallest absolute Gasteiger partial charge is 0.118 e. The number of hydrogen-bond acceptors (Lipinski definition) is 1. The molecule has 26 heavy (non-hydrogen) atoms. The molecule has 3 rings (SSSR count). The van der Waals surface area contributed by atoms with Crippen LogP contribution in [0.5, 0.6) is 5.75 Å². The summed E-state index contributed by atoms with van der Waals surface area (Å²) in [7, 11) is 1.68. The van der Waals surface area contributed by atoms with Gasteiger partial charge < -0.3 is 4.74 Å². The van der Waals surface area contributed by atoms with E-state index in [1.807, 2.05) is 31.2 Å². The molecule has 0 saturated carbocycles. The van der Waals surface area contributed by atoms with Crippen LogP contribution in [0.15, 0.2) is 72.8 Å². The molecule has 1 nitrogen and oxygen atoms in total. The lowest BCUT2D eigenvalue weighted by Gasteiger charge is -2.04. The van der Waals surface area contributed by atoms with Gasteiger partial charge in [-0.25, -0.2) is 0 Å². The Morgan fingerprint density at radius 1 is 0.692 bits per heavy atom. The lowest BCUT2D eigenvalue weighted by Crippen LogP contribution is -1.83. The van der Waals surface area contributed by atoms with Crippen LogP contribution in [-0.2, 0) is 6.42 Å². The Balaban J connectivity index is 1.71. The molecule has 0 aliphatic carbocycles. The van der Waals surface area contributed by atoms with Crippen molar-refractivity contribution in [2.24, 2.45) is 0 Å². The average Bonchev–Trinajstić information content (AvgIpc) is 2.72. The number of benzene rings is 3. The Hall–Kier alpha value is -3.42. The van der Waals surface area contributed by atoms with E-state index in [9.17, 15) is 0 Å². The minimum atomic E-state index is 0.789. The molecule has 0 bridgehead atoms. The largest absolute Gasteiger partial charge is 0.497 e. The molecule has 0 spiro atoms. The molecule has 0 atom stereocenters. The monoisotopic (exact) mass is 336 g/mol. The molecule has 3 aromatic rings. The maximum atomic E-state index is 5.20. The highest BCUT2D eigenvalue weighted by atomic mass is 16.5. The van der Waals surface area contributed by atoms with Crippen LogP contribution in [0.2, 0.25) is 0 Å². The number of hydrogen-bond donors (Lipinski definition) is 0. The van der Waals surface area contributed by atoms with Crippen molar-refractivity contribution in [3.05, 3.63) is 89.5 Å². The Bertz CT molecular complexity index is 971. The van der Waals surface area contributed by atoms with E-state index >= 15 is 0 Å². The van der Waals surface area contributed by atoms with Gasteiger partial charge in [-0.2, -0.15) is 0 Å². The second-order valence-electron chi connectivity index (χ2n) is 5.86. The van der Waals surface area contributed by atoms with Crippen molar-refractivity contribution < 1.29 is 4.74 Å². The van der Waals surface area contributed by atoms with Crippen molar-refractivity contribution in [1.82, 2.24) is 0 Å². The van der Waals surface area contributed by atoms with Gasteiger partial charge in [-0.3, -0.25) is 0 Å². The molecule has 0 N–H and O–H groups in total. The summed E-state index contributed by atoms with van der Waals surface area (Å²) in [6.07, 6.45) is 0.789. The van der Waals surface area contributed by atoms with Gasteiger partial charge in [0.25, 0.3) is 0 Å². The first-order valence-electron chi connectivity index (χ1n) is 8.53. The number of methoxy groups -OCH3 is 1. The van der Waals surface area contributed by atoms with Crippen LogP contribution in [0.3, 0.4) is 0 Å². The molecule has 3 aromatic carbocycles. The average molecular weight is 336 g/mol. The minimum absolute atomic E-state index is 0.789. The summed E-state index contributed by atoms with van der Waals surface area (Å²) in [6, 6.07) is 24.6. The van der Waals surface area contributed by atoms with Gasteiger partial charge >= 0.3 is 0 Å². The predicted octanol–water partition coefficient (Wildman–Crippen LogP) is 5.33. The van der Waals surface area contributed by atoms with Crippen molar-refractivity contribution in [2.75, 3.05) is 7.11 Å². The van der Waals surface area contributed by atoms with E-state index in [-0.39, 0.29) is 0 Å². The van der Waals surface area contributed by atoms with Gasteiger partial charge in [-0.15, -0.1) is 5.92 Å². The van der Waals surface area contributed by atoms with Crippen molar-refractivity contribution in [1.29, 1.82) is 0 Å². The summed E-state index contributed by atoms with van der Waals surface area (Å²) in [5.74, 6) is 13.3. The molecule has 126 valence electrons. The molecule has 0 aromatic heterocycles. The molecule has 0 unspecified atom stereocenters. The summed E-state index contributed by atoms with van der Waals surface area (Å²) in [6.45, 7) is 1.86. The van der Waals surface area contributed by atoms with E-state index < -0.39 is 0 Å². The first-order chi connectivity index (χ1) is 12.8. The zero-order valence-electron chi connectivity index (χ0n) is 15.0. The van der Waals surface area contributed by atoms with Crippen molar-refractivity contribution in [2.45, 2.75) is 13.3 Å². The lowest BCUT2D eigenvalue weighted by molar-refractivity contribution is 0.415. The quantitative estimate of drug-likeness (QED) is 0.588. The van der Waals surface area contributed by atoms with Crippen molar-refractivity contribution in [3.8, 4) is 40.6 Å². The third-order valence-electron chi connectivity index (χ3n) is 4.08. The molecule has 0 heterocycles. The highest BCUT2D eigenvalue weighted by Crippen LogP contribution is 2.22. The third kappa shape index (κ3) is 4.56. The molecular formula is C25H20O. The third-order valence-corrected chi connectivity index (χ3v) is 4.08. The van der Waals surface area contributed by atoms with Crippen LogP contribution in [0.25, 0.3) is 11.1 Å². The van der Waals surface area contributed by atoms with E-state index in [0.717, 1.165) is 28.9 Å². The highest BCUT2D eigenvalue weighted by molar-refractivity contribution is 5.65. The van der Waals surface area contributed by atoms with Crippen LogP contribution in [0.4, 0.5) is 0 Å². The van der Waals surface area contributed by atoms with Gasteiger partial charge in [0.2, 0.25) is 0 Å². The zero-order valence-corrected chi connectivity index (χ0v) is 15.0. The summed E-state index contributed by atoms with van der Waals surface area (Å²) in [5.41, 5.74) is 5.56. The summed E-state index contributed by atoms with van der Waals surface area (Å²) >= 11 is 0. The summed E-state index contributed by atoms with van der Waals surface area (Å²) in [5, 5.41) is 0. The van der Waals surface area contributed by atoms with Gasteiger partial charge in [-0.1, -0.05) is 54.2 Å². The van der Waals surface area contributed by atoms with E-state index in [0.29, 0.717) is 0 Å². The standard InChI is InChI=1S/C25H20O/c1-3-4-5-20-6-8-21(9-7-20)10-11-22-12-14-23(15-13-22)24-16-18-25(26-2)19-17-24/h6-9,12-19H,5H2,1-2H3. The lowest BCUT2D eigenvalue weighted by atomic mass is 10.0. The normalized spacial score (nSPS) is 9.46. The van der Waals surface area contributed by atoms with Crippen LogP contribution >= 0.6 is 0 Å². The van der Waals surface area contributed by atoms with Crippen LogP contribution in [-0.4, -0.2) is 7.11 Å². The van der Waals surface area contributed by atoms with Gasteiger partial charge in [-0.05, 0) is 60.0 Å². The Morgan fingerprint density at radius 2 is 1.19 bits per heavy atom. The van der Waals surface area contributed by atoms with Crippen LogP contribution in [0, 0.1) is 23.7 Å². The Kier molecular flexibility index (Phi) is 5.76.